The van der Waals surface area contributed by atoms with E-state index in [-0.39, 0.29) is 5.75 Å². The number of pyridine rings is 1. The molecule has 3 aromatic rings. The van der Waals surface area contributed by atoms with Crippen LogP contribution in [-0.2, 0) is 5.92 Å². The van der Waals surface area contributed by atoms with Gasteiger partial charge in [-0.3, -0.25) is 4.98 Å². The van der Waals surface area contributed by atoms with Gasteiger partial charge in [0.25, 0.3) is 0 Å². The van der Waals surface area contributed by atoms with Gasteiger partial charge in [0.2, 0.25) is 0 Å². The molecular weight excluding hydrogens is 376 g/mol. The second-order valence-corrected chi connectivity index (χ2v) is 5.81. The van der Waals surface area contributed by atoms with Crippen molar-refractivity contribution in [2.45, 2.75) is 12.0 Å². The number of ether oxygens (including phenoxy) is 1. The van der Waals surface area contributed by atoms with Gasteiger partial charge in [0.05, 0.1) is 17.8 Å². The molecule has 1 aromatic heterocycles. The van der Waals surface area contributed by atoms with E-state index in [1.165, 1.54) is 30.3 Å². The van der Waals surface area contributed by atoms with Gasteiger partial charge in [-0.2, -0.15) is 14.0 Å². The predicted octanol–water partition coefficient (Wildman–Crippen LogP) is 4.85. The zero-order chi connectivity index (χ0) is 20.3. The molecule has 1 atom stereocenters. The SMILES string of the molecule is N#Cc1ccc(Oc2ccc(C(F)(F)C(O)c3ccc(F)cc3F)nc2)cc1. The average molecular weight is 388 g/mol. The fraction of sp³-hybridized carbons (Fsp3) is 0.100. The average Bonchev–Trinajstić information content (AvgIpc) is 2.68. The third-order valence-corrected chi connectivity index (χ3v) is 3.90. The summed E-state index contributed by atoms with van der Waals surface area (Å²) in [6.07, 6.45) is -1.53. The molecule has 0 aliphatic rings. The Balaban J connectivity index is 1.79. The first-order chi connectivity index (χ1) is 13.3. The monoisotopic (exact) mass is 388 g/mol. The molecular formula is C20H12F4N2O2. The lowest BCUT2D eigenvalue weighted by molar-refractivity contribution is -0.122. The fourth-order valence-corrected chi connectivity index (χ4v) is 2.43. The first-order valence-corrected chi connectivity index (χ1v) is 7.96. The van der Waals surface area contributed by atoms with E-state index in [9.17, 15) is 22.7 Å². The van der Waals surface area contributed by atoms with Crippen molar-refractivity contribution in [3.8, 4) is 17.6 Å². The van der Waals surface area contributed by atoms with Crippen molar-refractivity contribution >= 4 is 0 Å². The van der Waals surface area contributed by atoms with Crippen LogP contribution in [0.25, 0.3) is 0 Å². The van der Waals surface area contributed by atoms with Crippen molar-refractivity contribution < 1.29 is 27.4 Å². The standard InChI is InChI=1S/C20H12F4N2O2/c21-13-3-7-16(17(22)9-13)19(27)20(23,24)18-8-6-15(11-26-18)28-14-4-1-12(10-25)2-5-14/h1-9,11,19,27H. The number of aromatic nitrogens is 1. The minimum absolute atomic E-state index is 0.145. The molecule has 28 heavy (non-hydrogen) atoms. The summed E-state index contributed by atoms with van der Waals surface area (Å²) in [4.78, 5) is 3.59. The lowest BCUT2D eigenvalue weighted by Crippen LogP contribution is -2.25. The van der Waals surface area contributed by atoms with Crippen LogP contribution in [0.2, 0.25) is 0 Å². The highest BCUT2D eigenvalue weighted by Gasteiger charge is 2.44. The molecule has 1 N–H and O–H groups in total. The Morgan fingerprint density at radius 1 is 1.00 bits per heavy atom. The second-order valence-electron chi connectivity index (χ2n) is 5.81. The number of halogens is 4. The fourth-order valence-electron chi connectivity index (χ4n) is 2.43. The van der Waals surface area contributed by atoms with Crippen molar-refractivity contribution in [1.29, 1.82) is 5.26 Å². The van der Waals surface area contributed by atoms with Crippen LogP contribution in [0.1, 0.15) is 22.9 Å². The summed E-state index contributed by atoms with van der Waals surface area (Å²) in [6.45, 7) is 0. The summed E-state index contributed by atoms with van der Waals surface area (Å²) in [5.74, 6) is -5.64. The number of benzene rings is 2. The van der Waals surface area contributed by atoms with Gasteiger partial charge in [0.15, 0.2) is 6.10 Å². The quantitative estimate of drug-likeness (QED) is 0.635. The molecule has 0 saturated carbocycles. The summed E-state index contributed by atoms with van der Waals surface area (Å²) in [6, 6.07) is 12.2. The largest absolute Gasteiger partial charge is 0.456 e. The van der Waals surface area contributed by atoms with Gasteiger partial charge in [-0.05, 0) is 42.5 Å². The molecule has 0 radical (unpaired) electrons. The minimum atomic E-state index is -3.92. The smallest absolute Gasteiger partial charge is 0.319 e. The molecule has 0 aliphatic heterocycles. The van der Waals surface area contributed by atoms with E-state index < -0.39 is 34.9 Å². The molecule has 0 bridgehead atoms. The maximum Gasteiger partial charge on any atom is 0.319 e. The maximum absolute atomic E-state index is 14.5. The molecule has 0 aliphatic carbocycles. The Hall–Kier alpha value is -3.44. The Bertz CT molecular complexity index is 1020. The Morgan fingerprint density at radius 2 is 1.68 bits per heavy atom. The molecule has 142 valence electrons. The number of aliphatic hydroxyl groups excluding tert-OH is 1. The number of aliphatic hydroxyl groups is 1. The van der Waals surface area contributed by atoms with E-state index >= 15 is 0 Å². The molecule has 4 nitrogen and oxygen atoms in total. The van der Waals surface area contributed by atoms with E-state index in [0.717, 1.165) is 24.4 Å². The molecule has 3 rings (SSSR count). The van der Waals surface area contributed by atoms with Crippen molar-refractivity contribution in [3.05, 3.63) is 89.2 Å². The van der Waals surface area contributed by atoms with Crippen LogP contribution >= 0.6 is 0 Å². The molecule has 0 saturated heterocycles. The van der Waals surface area contributed by atoms with Gasteiger partial charge in [-0.1, -0.05) is 6.07 Å². The highest BCUT2D eigenvalue weighted by atomic mass is 19.3. The van der Waals surface area contributed by atoms with Crippen LogP contribution < -0.4 is 4.74 Å². The van der Waals surface area contributed by atoms with Gasteiger partial charge in [0, 0.05) is 11.6 Å². The Labute approximate surface area is 157 Å². The molecule has 2 aromatic carbocycles. The molecule has 8 heteroatoms. The van der Waals surface area contributed by atoms with Crippen molar-refractivity contribution in [2.75, 3.05) is 0 Å². The highest BCUT2D eigenvalue weighted by Crippen LogP contribution is 2.40. The number of nitriles is 1. The molecule has 0 amide bonds. The van der Waals surface area contributed by atoms with E-state index in [0.29, 0.717) is 17.4 Å². The number of hydrogen-bond acceptors (Lipinski definition) is 4. The predicted molar refractivity (Wildman–Crippen MR) is 90.7 cm³/mol. The van der Waals surface area contributed by atoms with Crippen molar-refractivity contribution in [2.24, 2.45) is 0 Å². The maximum atomic E-state index is 14.5. The van der Waals surface area contributed by atoms with Gasteiger partial charge in [-0.25, -0.2) is 8.78 Å². The Kier molecular flexibility index (Phi) is 5.29. The third-order valence-electron chi connectivity index (χ3n) is 3.90. The van der Waals surface area contributed by atoms with Crippen LogP contribution in [0.4, 0.5) is 17.6 Å². The van der Waals surface area contributed by atoms with Crippen molar-refractivity contribution in [1.82, 2.24) is 4.98 Å². The summed E-state index contributed by atoms with van der Waals surface area (Å²) in [5, 5.41) is 18.7. The van der Waals surface area contributed by atoms with Gasteiger partial charge >= 0.3 is 5.92 Å². The van der Waals surface area contributed by atoms with Crippen LogP contribution in [0, 0.1) is 23.0 Å². The summed E-state index contributed by atoms with van der Waals surface area (Å²) < 4.78 is 61.1. The minimum Gasteiger partial charge on any atom is -0.456 e. The van der Waals surface area contributed by atoms with Crippen LogP contribution in [0.15, 0.2) is 60.8 Å². The summed E-state index contributed by atoms with van der Waals surface area (Å²) in [5.41, 5.74) is -1.12. The zero-order valence-electron chi connectivity index (χ0n) is 14.1. The van der Waals surface area contributed by atoms with E-state index in [1.54, 1.807) is 0 Å². The topological polar surface area (TPSA) is 66.1 Å². The number of hydrogen-bond donors (Lipinski definition) is 1. The zero-order valence-corrected chi connectivity index (χ0v) is 14.1. The third kappa shape index (κ3) is 3.94. The van der Waals surface area contributed by atoms with Gasteiger partial charge < -0.3 is 9.84 Å². The molecule has 1 heterocycles. The van der Waals surface area contributed by atoms with Gasteiger partial charge in [-0.15, -0.1) is 0 Å². The Morgan fingerprint density at radius 3 is 2.25 bits per heavy atom. The van der Waals surface area contributed by atoms with E-state index in [2.05, 4.69) is 4.98 Å². The van der Waals surface area contributed by atoms with E-state index in [1.807, 2.05) is 6.07 Å². The molecule has 1 unspecified atom stereocenters. The van der Waals surface area contributed by atoms with Crippen LogP contribution in [0.5, 0.6) is 11.5 Å². The number of nitrogens with zero attached hydrogens (tertiary/aromatic N) is 2. The van der Waals surface area contributed by atoms with Crippen LogP contribution in [0.3, 0.4) is 0 Å². The lowest BCUT2D eigenvalue weighted by atomic mass is 10.00. The lowest BCUT2D eigenvalue weighted by Gasteiger charge is -2.22. The summed E-state index contributed by atoms with van der Waals surface area (Å²) >= 11 is 0. The van der Waals surface area contributed by atoms with Crippen LogP contribution in [-0.4, -0.2) is 10.1 Å². The number of alkyl halides is 2. The molecule has 0 fully saturated rings. The number of rotatable bonds is 5. The highest BCUT2D eigenvalue weighted by molar-refractivity contribution is 5.37. The first-order valence-electron chi connectivity index (χ1n) is 7.96. The normalized spacial score (nSPS) is 12.3. The van der Waals surface area contributed by atoms with E-state index in [4.69, 9.17) is 10.00 Å². The van der Waals surface area contributed by atoms with Gasteiger partial charge in [0.1, 0.15) is 28.8 Å². The second kappa shape index (κ2) is 7.66. The summed E-state index contributed by atoms with van der Waals surface area (Å²) in [7, 11) is 0. The van der Waals surface area contributed by atoms with Crippen molar-refractivity contribution in [3.63, 3.8) is 0 Å². The molecule has 0 spiro atoms. The first kappa shape index (κ1) is 19.3.